The van der Waals surface area contributed by atoms with E-state index < -0.39 is 0 Å². The minimum absolute atomic E-state index is 0.649. The normalized spacial score (nSPS) is 18.9. The van der Waals surface area contributed by atoms with E-state index in [-0.39, 0.29) is 0 Å². The van der Waals surface area contributed by atoms with Crippen LogP contribution in [0.2, 0.25) is 0 Å². The van der Waals surface area contributed by atoms with E-state index in [1.54, 1.807) is 7.05 Å². The lowest BCUT2D eigenvalue weighted by Gasteiger charge is -2.04. The highest BCUT2D eigenvalue weighted by Crippen LogP contribution is 2.38. The first-order chi connectivity index (χ1) is 6.25. The Balaban J connectivity index is 1.78. The van der Waals surface area contributed by atoms with Crippen molar-refractivity contribution < 1.29 is 0 Å². The average molecular weight is 245 g/mol. The Kier molecular flexibility index (Phi) is 2.62. The molecule has 1 aliphatic rings. The first-order valence-electron chi connectivity index (χ1n) is 4.62. The third-order valence-electron chi connectivity index (χ3n) is 2.33. The monoisotopic (exact) mass is 244 g/mol. The first-order valence-corrected chi connectivity index (χ1v) is 5.54. The van der Waals surface area contributed by atoms with Gasteiger partial charge in [-0.25, -0.2) is 0 Å². The Hall–Kier alpha value is -0.450. The summed E-state index contributed by atoms with van der Waals surface area (Å²) in [7, 11) is 1.79. The molecule has 1 aliphatic carbocycles. The molecule has 0 spiro atoms. The predicted molar refractivity (Wildman–Crippen MR) is 52.6 cm³/mol. The smallest absolute Gasteiger partial charge is 0.167 e. The molecule has 0 N–H and O–H groups in total. The maximum Gasteiger partial charge on any atom is 0.174 e. The van der Waals surface area contributed by atoms with Crippen LogP contribution in [0.25, 0.3) is 0 Å². The van der Waals surface area contributed by atoms with Crippen molar-refractivity contribution in [2.24, 2.45) is 13.0 Å². The van der Waals surface area contributed by atoms with Crippen LogP contribution in [0.15, 0.2) is 0 Å². The van der Waals surface area contributed by atoms with E-state index in [1.165, 1.54) is 17.6 Å². The lowest BCUT2D eigenvalue weighted by atomic mass is 10.2. The van der Waals surface area contributed by atoms with Gasteiger partial charge in [0.05, 0.1) is 7.05 Å². The van der Waals surface area contributed by atoms with Gasteiger partial charge in [-0.2, -0.15) is 4.80 Å². The van der Waals surface area contributed by atoms with Gasteiger partial charge in [0, 0.05) is 11.2 Å². The molecule has 72 valence electrons. The molecule has 5 heteroatoms. The number of rotatable bonds is 4. The van der Waals surface area contributed by atoms with Crippen LogP contribution in [0.1, 0.15) is 25.1 Å². The topological polar surface area (TPSA) is 43.6 Å². The SMILES string of the molecule is Cn1nnc(CCC(Br)C2CC2)n1. The molecule has 1 unspecified atom stereocenters. The molecule has 4 nitrogen and oxygen atoms in total. The van der Waals surface area contributed by atoms with Gasteiger partial charge in [0.2, 0.25) is 0 Å². The summed E-state index contributed by atoms with van der Waals surface area (Å²) in [6.07, 6.45) is 4.81. The van der Waals surface area contributed by atoms with Gasteiger partial charge < -0.3 is 0 Å². The van der Waals surface area contributed by atoms with Crippen molar-refractivity contribution >= 4 is 15.9 Å². The van der Waals surface area contributed by atoms with Crippen LogP contribution in [-0.4, -0.2) is 25.0 Å². The minimum atomic E-state index is 0.649. The van der Waals surface area contributed by atoms with Crippen molar-refractivity contribution in [2.75, 3.05) is 0 Å². The van der Waals surface area contributed by atoms with Crippen LogP contribution in [0.5, 0.6) is 0 Å². The molecular formula is C8H13BrN4. The highest BCUT2D eigenvalue weighted by atomic mass is 79.9. The molecule has 0 radical (unpaired) electrons. The molecule has 1 saturated carbocycles. The Morgan fingerprint density at radius 1 is 1.62 bits per heavy atom. The largest absolute Gasteiger partial charge is 0.174 e. The lowest BCUT2D eigenvalue weighted by Crippen LogP contribution is -2.03. The number of halogens is 1. The molecule has 1 atom stereocenters. The summed E-state index contributed by atoms with van der Waals surface area (Å²) >= 11 is 3.69. The van der Waals surface area contributed by atoms with Crippen LogP contribution >= 0.6 is 15.9 Å². The summed E-state index contributed by atoms with van der Waals surface area (Å²) in [4.78, 5) is 2.16. The quantitative estimate of drug-likeness (QED) is 0.751. The summed E-state index contributed by atoms with van der Waals surface area (Å²) in [5.74, 6) is 1.75. The number of tetrazole rings is 1. The molecule has 0 amide bonds. The number of aryl methyl sites for hydroxylation is 2. The second-order valence-electron chi connectivity index (χ2n) is 3.59. The fourth-order valence-electron chi connectivity index (χ4n) is 1.38. The van der Waals surface area contributed by atoms with E-state index in [0.29, 0.717) is 4.83 Å². The molecule has 1 fully saturated rings. The van der Waals surface area contributed by atoms with Gasteiger partial charge in [-0.05, 0) is 30.4 Å². The van der Waals surface area contributed by atoms with E-state index in [0.717, 1.165) is 24.6 Å². The van der Waals surface area contributed by atoms with Crippen LogP contribution in [0.4, 0.5) is 0 Å². The van der Waals surface area contributed by atoms with Crippen LogP contribution in [-0.2, 0) is 13.5 Å². The van der Waals surface area contributed by atoms with Gasteiger partial charge in [-0.1, -0.05) is 15.9 Å². The summed E-state index contributed by atoms with van der Waals surface area (Å²) in [6, 6.07) is 0. The van der Waals surface area contributed by atoms with Gasteiger partial charge in [-0.15, -0.1) is 10.2 Å². The van der Waals surface area contributed by atoms with E-state index >= 15 is 0 Å². The highest BCUT2D eigenvalue weighted by molar-refractivity contribution is 9.09. The average Bonchev–Trinajstić information content (AvgIpc) is 2.87. The second-order valence-corrected chi connectivity index (χ2v) is 4.76. The molecule has 0 saturated heterocycles. The van der Waals surface area contributed by atoms with Gasteiger partial charge >= 0.3 is 0 Å². The molecule has 1 heterocycles. The van der Waals surface area contributed by atoms with Gasteiger partial charge in [0.1, 0.15) is 0 Å². The third kappa shape index (κ3) is 2.49. The molecule has 13 heavy (non-hydrogen) atoms. The predicted octanol–water partition coefficient (Wildman–Crippen LogP) is 1.32. The van der Waals surface area contributed by atoms with Crippen LogP contribution in [0, 0.1) is 5.92 Å². The highest BCUT2D eigenvalue weighted by Gasteiger charge is 2.28. The molecule has 1 aromatic heterocycles. The van der Waals surface area contributed by atoms with E-state index in [1.807, 2.05) is 0 Å². The summed E-state index contributed by atoms with van der Waals surface area (Å²) in [5.41, 5.74) is 0. The van der Waals surface area contributed by atoms with Gasteiger partial charge in [0.15, 0.2) is 5.82 Å². The van der Waals surface area contributed by atoms with Crippen molar-refractivity contribution in [2.45, 2.75) is 30.5 Å². The molecule has 1 aromatic rings. The van der Waals surface area contributed by atoms with Crippen molar-refractivity contribution in [1.82, 2.24) is 20.2 Å². The standard InChI is InChI=1S/C8H13BrN4/c1-13-11-8(10-12-13)5-4-7(9)6-2-3-6/h6-7H,2-5H2,1H3. The summed E-state index contributed by atoms with van der Waals surface area (Å²) in [5, 5.41) is 11.9. The lowest BCUT2D eigenvalue weighted by molar-refractivity contribution is 0.623. The van der Waals surface area contributed by atoms with Crippen molar-refractivity contribution in [3.05, 3.63) is 5.82 Å². The molecule has 2 rings (SSSR count). The van der Waals surface area contributed by atoms with Crippen molar-refractivity contribution in [1.29, 1.82) is 0 Å². The summed E-state index contributed by atoms with van der Waals surface area (Å²) in [6.45, 7) is 0. The maximum atomic E-state index is 4.14. The zero-order valence-corrected chi connectivity index (χ0v) is 9.24. The Labute approximate surface area is 85.8 Å². The van der Waals surface area contributed by atoms with Crippen molar-refractivity contribution in [3.63, 3.8) is 0 Å². The number of hydrogen-bond acceptors (Lipinski definition) is 3. The maximum absolute atomic E-state index is 4.14. The minimum Gasteiger partial charge on any atom is -0.167 e. The third-order valence-corrected chi connectivity index (χ3v) is 3.53. The summed E-state index contributed by atoms with van der Waals surface area (Å²) < 4.78 is 0. The number of alkyl halides is 1. The number of aromatic nitrogens is 4. The van der Waals surface area contributed by atoms with Gasteiger partial charge in [0.25, 0.3) is 0 Å². The molecular weight excluding hydrogens is 232 g/mol. The van der Waals surface area contributed by atoms with E-state index in [9.17, 15) is 0 Å². The zero-order chi connectivity index (χ0) is 9.26. The first kappa shape index (κ1) is 9.12. The van der Waals surface area contributed by atoms with Crippen molar-refractivity contribution in [3.8, 4) is 0 Å². The zero-order valence-electron chi connectivity index (χ0n) is 7.65. The Morgan fingerprint density at radius 3 is 2.92 bits per heavy atom. The van der Waals surface area contributed by atoms with Gasteiger partial charge in [-0.3, -0.25) is 0 Å². The number of hydrogen-bond donors (Lipinski definition) is 0. The van der Waals surface area contributed by atoms with Crippen LogP contribution in [0.3, 0.4) is 0 Å². The fraction of sp³-hybridized carbons (Fsp3) is 0.875. The Bertz CT molecular complexity index is 281. The van der Waals surface area contributed by atoms with Crippen LogP contribution < -0.4 is 0 Å². The number of nitrogens with zero attached hydrogens (tertiary/aromatic N) is 4. The fourth-order valence-corrected chi connectivity index (χ4v) is 2.14. The molecule has 0 aliphatic heterocycles. The van der Waals surface area contributed by atoms with E-state index in [2.05, 4.69) is 31.3 Å². The second kappa shape index (κ2) is 3.74. The Morgan fingerprint density at radius 2 is 2.38 bits per heavy atom. The molecule has 0 aromatic carbocycles. The van der Waals surface area contributed by atoms with E-state index in [4.69, 9.17) is 0 Å². The molecule has 0 bridgehead atoms.